The number of nitrogens with one attached hydrogen (secondary N) is 2. The Morgan fingerprint density at radius 3 is 2.92 bits per heavy atom. The van der Waals surface area contributed by atoms with Crippen molar-refractivity contribution in [1.82, 2.24) is 30.0 Å². The number of H-pyrrole nitrogens is 1. The summed E-state index contributed by atoms with van der Waals surface area (Å²) in [5.41, 5.74) is 1.69. The van der Waals surface area contributed by atoms with Crippen LogP contribution in [-0.4, -0.2) is 42.6 Å². The number of hydrogen-bond acceptors (Lipinski definition) is 5. The van der Waals surface area contributed by atoms with Crippen LogP contribution in [0.4, 0.5) is 10.5 Å². The number of amides is 2. The molecule has 1 saturated heterocycles. The highest BCUT2D eigenvalue weighted by Crippen LogP contribution is 2.42. The summed E-state index contributed by atoms with van der Waals surface area (Å²) in [6.45, 7) is 2.59. The summed E-state index contributed by atoms with van der Waals surface area (Å²) < 4.78 is 0. The van der Waals surface area contributed by atoms with Crippen LogP contribution in [0.25, 0.3) is 0 Å². The third kappa shape index (κ3) is 2.95. The first-order valence-electron chi connectivity index (χ1n) is 8.49. The van der Waals surface area contributed by atoms with E-state index in [4.69, 9.17) is 0 Å². The minimum Gasteiger partial charge on any atom is -0.314 e. The molecule has 8 heteroatoms. The van der Waals surface area contributed by atoms with Crippen LogP contribution in [0.5, 0.6) is 0 Å². The average Bonchev–Trinajstić information content (AvgIpc) is 3.30. The smallest absolute Gasteiger partial charge is 0.314 e. The summed E-state index contributed by atoms with van der Waals surface area (Å²) >= 11 is 0. The van der Waals surface area contributed by atoms with Gasteiger partial charge >= 0.3 is 6.03 Å². The Kier molecular flexibility index (Phi) is 3.87. The van der Waals surface area contributed by atoms with E-state index in [-0.39, 0.29) is 12.1 Å². The largest absolute Gasteiger partial charge is 0.322 e. The fourth-order valence-electron chi connectivity index (χ4n) is 3.27. The number of likely N-dealkylation sites (tertiary alicyclic amines) is 1. The second kappa shape index (κ2) is 6.18. The standard InChI is InChI=1S/C16H21N7O/c1-10-17-8-12(14(20-10)11-5-6-11)21-16(24)23-7-3-2-4-13(23)15-18-9-19-22-15/h8-9,11,13H,2-7H2,1H3,(H,21,24)(H,18,19,22). The van der Waals surface area contributed by atoms with Gasteiger partial charge in [0.2, 0.25) is 0 Å². The van der Waals surface area contributed by atoms with E-state index in [9.17, 15) is 4.79 Å². The van der Waals surface area contributed by atoms with E-state index < -0.39 is 0 Å². The predicted octanol–water partition coefficient (Wildman–Crippen LogP) is 2.54. The Bertz CT molecular complexity index is 726. The molecular weight excluding hydrogens is 306 g/mol. The number of rotatable bonds is 3. The first-order chi connectivity index (χ1) is 11.7. The summed E-state index contributed by atoms with van der Waals surface area (Å²) in [5.74, 6) is 1.94. The Labute approximate surface area is 140 Å². The first kappa shape index (κ1) is 15.0. The zero-order valence-corrected chi connectivity index (χ0v) is 13.7. The van der Waals surface area contributed by atoms with Gasteiger partial charge in [0.25, 0.3) is 0 Å². The molecule has 2 N–H and O–H groups in total. The van der Waals surface area contributed by atoms with Crippen LogP contribution >= 0.6 is 0 Å². The van der Waals surface area contributed by atoms with Crippen molar-refractivity contribution < 1.29 is 4.79 Å². The van der Waals surface area contributed by atoms with Crippen LogP contribution in [0.2, 0.25) is 0 Å². The number of hydrogen-bond donors (Lipinski definition) is 2. The Balaban J connectivity index is 1.55. The van der Waals surface area contributed by atoms with Gasteiger partial charge in [-0.25, -0.2) is 19.7 Å². The van der Waals surface area contributed by atoms with Crippen molar-refractivity contribution in [3.63, 3.8) is 0 Å². The highest BCUT2D eigenvalue weighted by molar-refractivity contribution is 5.90. The maximum atomic E-state index is 12.9. The minimum atomic E-state index is -0.120. The molecule has 0 radical (unpaired) electrons. The molecule has 24 heavy (non-hydrogen) atoms. The van der Waals surface area contributed by atoms with E-state index in [2.05, 4.69) is 30.5 Å². The summed E-state index contributed by atoms with van der Waals surface area (Å²) in [7, 11) is 0. The molecule has 2 aromatic heterocycles. The number of nitrogens with zero attached hydrogens (tertiary/aromatic N) is 5. The lowest BCUT2D eigenvalue weighted by Gasteiger charge is -2.34. The number of aromatic amines is 1. The molecule has 2 fully saturated rings. The van der Waals surface area contributed by atoms with E-state index in [1.807, 2.05) is 11.8 Å². The number of anilines is 1. The molecule has 1 aliphatic heterocycles. The average molecular weight is 327 g/mol. The summed E-state index contributed by atoms with van der Waals surface area (Å²) in [6, 6.07) is -0.178. The SMILES string of the molecule is Cc1ncc(NC(=O)N2CCCCC2c2ncn[nH]2)c(C2CC2)n1. The van der Waals surface area contributed by atoms with Crippen molar-refractivity contribution in [2.24, 2.45) is 0 Å². The number of aromatic nitrogens is 5. The van der Waals surface area contributed by atoms with Crippen LogP contribution in [0.3, 0.4) is 0 Å². The van der Waals surface area contributed by atoms with Gasteiger partial charge < -0.3 is 10.2 Å². The molecule has 1 unspecified atom stereocenters. The number of urea groups is 1. The summed E-state index contributed by atoms with van der Waals surface area (Å²) in [5, 5.41) is 9.83. The van der Waals surface area contributed by atoms with E-state index in [0.717, 1.165) is 55.1 Å². The maximum Gasteiger partial charge on any atom is 0.322 e. The molecule has 3 heterocycles. The highest BCUT2D eigenvalue weighted by atomic mass is 16.2. The van der Waals surface area contributed by atoms with Gasteiger partial charge in [-0.15, -0.1) is 0 Å². The molecule has 0 spiro atoms. The van der Waals surface area contributed by atoms with E-state index in [1.54, 1.807) is 6.20 Å². The third-order valence-corrected chi connectivity index (χ3v) is 4.66. The van der Waals surface area contributed by atoms with Crippen LogP contribution in [0.1, 0.15) is 61.4 Å². The molecule has 8 nitrogen and oxygen atoms in total. The van der Waals surface area contributed by atoms with Crippen molar-refractivity contribution in [3.8, 4) is 0 Å². The van der Waals surface area contributed by atoms with E-state index in [1.165, 1.54) is 6.33 Å². The van der Waals surface area contributed by atoms with Gasteiger partial charge in [-0.2, -0.15) is 5.10 Å². The van der Waals surface area contributed by atoms with E-state index >= 15 is 0 Å². The van der Waals surface area contributed by atoms with Gasteiger partial charge in [0.05, 0.1) is 23.6 Å². The van der Waals surface area contributed by atoms with Gasteiger partial charge in [0.15, 0.2) is 0 Å². The molecule has 1 atom stereocenters. The lowest BCUT2D eigenvalue weighted by molar-refractivity contribution is 0.159. The van der Waals surface area contributed by atoms with Gasteiger partial charge in [-0.05, 0) is 39.0 Å². The molecule has 2 aliphatic rings. The maximum absolute atomic E-state index is 12.9. The Morgan fingerprint density at radius 1 is 1.29 bits per heavy atom. The molecule has 0 bridgehead atoms. The topological polar surface area (TPSA) is 99.7 Å². The predicted molar refractivity (Wildman–Crippen MR) is 87.4 cm³/mol. The van der Waals surface area contributed by atoms with Gasteiger partial charge in [-0.1, -0.05) is 0 Å². The third-order valence-electron chi connectivity index (χ3n) is 4.66. The lowest BCUT2D eigenvalue weighted by Crippen LogP contribution is -2.41. The molecule has 2 amide bonds. The molecule has 2 aromatic rings. The number of carbonyl (C=O) groups excluding carboxylic acids is 1. The summed E-state index contributed by atoms with van der Waals surface area (Å²) in [4.78, 5) is 27.7. The lowest BCUT2D eigenvalue weighted by atomic mass is 10.0. The van der Waals surface area contributed by atoms with Crippen LogP contribution in [-0.2, 0) is 0 Å². The zero-order valence-electron chi connectivity index (χ0n) is 13.7. The van der Waals surface area contributed by atoms with E-state index in [0.29, 0.717) is 12.5 Å². The molecule has 1 saturated carbocycles. The number of carbonyl (C=O) groups is 1. The van der Waals surface area contributed by atoms with Crippen molar-refractivity contribution >= 4 is 11.7 Å². The molecule has 4 rings (SSSR count). The normalized spacial score (nSPS) is 20.9. The van der Waals surface area contributed by atoms with Crippen LogP contribution in [0.15, 0.2) is 12.5 Å². The molecular formula is C16H21N7O. The monoisotopic (exact) mass is 327 g/mol. The van der Waals surface area contributed by atoms with Crippen LogP contribution < -0.4 is 5.32 Å². The number of aryl methyl sites for hydroxylation is 1. The molecule has 0 aromatic carbocycles. The zero-order chi connectivity index (χ0) is 16.5. The van der Waals surface area contributed by atoms with Gasteiger partial charge in [-0.3, -0.25) is 5.10 Å². The van der Waals surface area contributed by atoms with Gasteiger partial charge in [0.1, 0.15) is 18.0 Å². The van der Waals surface area contributed by atoms with Crippen molar-refractivity contribution in [3.05, 3.63) is 29.9 Å². The van der Waals surface area contributed by atoms with Crippen molar-refractivity contribution in [1.29, 1.82) is 0 Å². The second-order valence-corrected chi connectivity index (χ2v) is 6.50. The Hall–Kier alpha value is -2.51. The minimum absolute atomic E-state index is 0.0583. The van der Waals surface area contributed by atoms with Crippen molar-refractivity contribution in [2.75, 3.05) is 11.9 Å². The fraction of sp³-hybridized carbons (Fsp3) is 0.562. The molecule has 1 aliphatic carbocycles. The highest BCUT2D eigenvalue weighted by Gasteiger charge is 2.32. The number of piperidine rings is 1. The Morgan fingerprint density at radius 2 is 2.17 bits per heavy atom. The first-order valence-corrected chi connectivity index (χ1v) is 8.49. The van der Waals surface area contributed by atoms with Crippen molar-refractivity contribution in [2.45, 2.75) is 51.0 Å². The second-order valence-electron chi connectivity index (χ2n) is 6.50. The summed E-state index contributed by atoms with van der Waals surface area (Å²) in [6.07, 6.45) is 8.43. The fourth-order valence-corrected chi connectivity index (χ4v) is 3.27. The van der Waals surface area contributed by atoms with Crippen LogP contribution in [0, 0.1) is 6.92 Å². The molecule has 126 valence electrons. The quantitative estimate of drug-likeness (QED) is 0.902. The van der Waals surface area contributed by atoms with Gasteiger partial charge in [0, 0.05) is 12.5 Å².